The molecule has 0 saturated heterocycles. The molecule has 13 aromatic rings. The van der Waals surface area contributed by atoms with Crippen LogP contribution in [0.5, 0.6) is 0 Å². The molecule has 0 radical (unpaired) electrons. The van der Waals surface area contributed by atoms with Gasteiger partial charge in [-0.15, -0.1) is 102 Å². The highest BCUT2D eigenvalue weighted by molar-refractivity contribution is 14.1. The summed E-state index contributed by atoms with van der Waals surface area (Å²) in [5.74, 6) is 42.3. The molecule has 0 atom stereocenters. The quantitative estimate of drug-likeness (QED) is 0.0218. The fraction of sp³-hybridized carbons (Fsp3) is 0.351. The van der Waals surface area contributed by atoms with E-state index in [0.29, 0.717) is 0 Å². The van der Waals surface area contributed by atoms with Gasteiger partial charge in [0.15, 0.2) is 0 Å². The van der Waals surface area contributed by atoms with E-state index in [9.17, 15) is 0 Å². The smallest absolute Gasteiger partial charge is 0.0785 e. The molecule has 3 aliphatic carbocycles. The second-order valence-corrected chi connectivity index (χ2v) is 48.9. The molecular formula is C111H105I3S9. The molecule has 0 aliphatic heterocycles. The van der Waals surface area contributed by atoms with Gasteiger partial charge < -0.3 is 0 Å². The number of unbranched alkanes of at least 4 members (excludes halogenated alkanes) is 18. The topological polar surface area (TPSA) is 0 Å². The SMILES string of the molecule is CCCCCCC1(CCCCCC)c2cc(-c3ccc(C#Cc4ccc(C#Cc5ccc(I)s5)s4)s3)ccc2-c2c1c1c(c3c2C(CCCCCC)(CCCCCC)c2cc(-c4ccc(C#Cc5ccc(C#Cc6ccc(I)s6)s5)s4)ccc2-3)C(CCCCCC)(CCCCCC)c2cc(-c3ccc(C#Cc4ccc(C#Cc5ccc(I)s5)s4)s3)ccc2-1. The van der Waals surface area contributed by atoms with Crippen molar-refractivity contribution in [3.05, 3.63) is 264 Å². The van der Waals surface area contributed by atoms with Crippen LogP contribution in [0.25, 0.3) is 64.7 Å². The van der Waals surface area contributed by atoms with Gasteiger partial charge in [-0.1, -0.05) is 232 Å². The van der Waals surface area contributed by atoms with Gasteiger partial charge in [0.2, 0.25) is 0 Å². The van der Waals surface area contributed by atoms with Crippen molar-refractivity contribution in [1.82, 2.24) is 0 Å². The lowest BCUT2D eigenvalue weighted by atomic mass is 9.63. The van der Waals surface area contributed by atoms with Crippen molar-refractivity contribution in [2.24, 2.45) is 0 Å². The van der Waals surface area contributed by atoms with Crippen LogP contribution >= 0.6 is 170 Å². The van der Waals surface area contributed by atoms with Gasteiger partial charge >= 0.3 is 0 Å². The monoisotopic (exact) mass is 2110 g/mol. The predicted molar refractivity (Wildman–Crippen MR) is 568 cm³/mol. The molecule has 0 fully saturated rings. The van der Waals surface area contributed by atoms with Crippen LogP contribution in [0.3, 0.4) is 0 Å². The van der Waals surface area contributed by atoms with Crippen LogP contribution in [0.15, 0.2) is 164 Å². The summed E-state index contributed by atoms with van der Waals surface area (Å²) in [6.07, 6.45) is 36.1. The summed E-state index contributed by atoms with van der Waals surface area (Å²) < 4.78 is 3.76. The number of hydrogen-bond donors (Lipinski definition) is 0. The van der Waals surface area contributed by atoms with Crippen molar-refractivity contribution >= 4 is 170 Å². The lowest BCUT2D eigenvalue weighted by Crippen LogP contribution is -2.31. The zero-order chi connectivity index (χ0) is 84.7. The Bertz CT molecular complexity index is 5670. The van der Waals surface area contributed by atoms with Crippen molar-refractivity contribution in [3.8, 4) is 136 Å². The Morgan fingerprint density at radius 2 is 0.407 bits per heavy atom. The number of benzene rings is 4. The van der Waals surface area contributed by atoms with E-state index in [0.717, 1.165) is 97.1 Å². The number of thiophene rings is 9. The van der Waals surface area contributed by atoms with Crippen LogP contribution in [0.2, 0.25) is 0 Å². The van der Waals surface area contributed by atoms with Crippen molar-refractivity contribution in [3.63, 3.8) is 0 Å². The maximum absolute atomic E-state index is 3.67. The number of rotatable bonds is 33. The Kier molecular flexibility index (Phi) is 31.3. The first-order valence-electron chi connectivity index (χ1n) is 45.0. The van der Waals surface area contributed by atoms with E-state index in [2.05, 4.69) is 344 Å². The van der Waals surface area contributed by atoms with E-state index in [-0.39, 0.29) is 16.2 Å². The zero-order valence-electron chi connectivity index (χ0n) is 71.6. The molecule has 0 saturated carbocycles. The first-order chi connectivity index (χ1) is 60.3. The number of fused-ring (bicyclic) bond motifs is 12. The van der Waals surface area contributed by atoms with Crippen LogP contribution < -0.4 is 0 Å². The molecule has 12 heteroatoms. The molecule has 16 rings (SSSR count). The average molecular weight is 2110 g/mol. The maximum atomic E-state index is 3.67. The van der Waals surface area contributed by atoms with Gasteiger partial charge in [0.05, 0.1) is 67.2 Å². The van der Waals surface area contributed by atoms with E-state index in [1.165, 1.54) is 211 Å². The Morgan fingerprint density at radius 1 is 0.211 bits per heavy atom. The Labute approximate surface area is 810 Å². The number of hydrogen-bond acceptors (Lipinski definition) is 9. The summed E-state index contributed by atoms with van der Waals surface area (Å²) in [6, 6.07) is 63.8. The lowest BCUT2D eigenvalue weighted by molar-refractivity contribution is 0.389. The molecule has 0 bridgehead atoms. The molecule has 3 aliphatic rings. The summed E-state index contributed by atoms with van der Waals surface area (Å²) in [4.78, 5) is 16.7. The lowest BCUT2D eigenvalue weighted by Gasteiger charge is -2.40. The van der Waals surface area contributed by atoms with E-state index in [4.69, 9.17) is 0 Å². The van der Waals surface area contributed by atoms with Crippen LogP contribution in [0.4, 0.5) is 0 Å². The summed E-state index contributed by atoms with van der Waals surface area (Å²) in [5, 5.41) is 0. The van der Waals surface area contributed by atoms with Crippen molar-refractivity contribution in [2.75, 3.05) is 0 Å². The summed E-state index contributed by atoms with van der Waals surface area (Å²) >= 11 is 23.0. The molecule has 0 unspecified atom stereocenters. The normalized spacial score (nSPS) is 13.0. The van der Waals surface area contributed by atoms with Gasteiger partial charge in [-0.25, -0.2) is 0 Å². The van der Waals surface area contributed by atoms with Crippen LogP contribution in [0.1, 0.15) is 326 Å². The molecular weight excluding hydrogens is 2000 g/mol. The minimum absolute atomic E-state index is 0.259. The highest BCUT2D eigenvalue weighted by Crippen LogP contribution is 2.72. The molecule has 0 spiro atoms. The third kappa shape index (κ3) is 20.6. The maximum Gasteiger partial charge on any atom is 0.0785 e. The number of halogens is 3. The van der Waals surface area contributed by atoms with Gasteiger partial charge in [0.1, 0.15) is 0 Å². The fourth-order valence-corrected chi connectivity index (χ4v) is 28.5. The molecule has 0 nitrogen and oxygen atoms in total. The Hall–Kier alpha value is -6.27. The highest BCUT2D eigenvalue weighted by Gasteiger charge is 2.58. The second kappa shape index (κ2) is 42.8. The van der Waals surface area contributed by atoms with Gasteiger partial charge in [-0.2, -0.15) is 0 Å². The molecule has 9 heterocycles. The van der Waals surface area contributed by atoms with Crippen molar-refractivity contribution < 1.29 is 0 Å². The van der Waals surface area contributed by atoms with Crippen LogP contribution in [0, 0.1) is 79.7 Å². The Morgan fingerprint density at radius 3 is 0.610 bits per heavy atom. The van der Waals surface area contributed by atoms with E-state index in [1.54, 1.807) is 118 Å². The highest BCUT2D eigenvalue weighted by atomic mass is 127. The van der Waals surface area contributed by atoms with Crippen LogP contribution in [-0.4, -0.2) is 0 Å². The standard InChI is InChI=1S/C111H105I3S9/c1-7-13-19-25-67-109(68-26-20-14-8-2)94-73-76(97-61-52-85(118-97)46-40-79-34-37-82(115-79)43-49-88-55-64-100(112)121-88)31-58-91(94)103-106(109)104-92-59-32-77(98-62-53-86(119-98)47-41-80-35-38-83(116-80)44-50-89-56-65-101(113)122-89)74-95(92)110(69-27-21-15-9-3,70-28-22-16-10-4)108(104)105-93-60-33-78(75-96(93)111(107(103)105,71-29-23-17-11-5)72-30-24-18-12-6)99-63-54-87(120-99)48-42-81-36-39-84(117-81)45-51-90-57-66-102(114)123-90/h31-39,52-66,73-75H,7-30,67-72H2,1-6H3. The molecule has 0 amide bonds. The van der Waals surface area contributed by atoms with E-state index >= 15 is 0 Å². The first-order valence-corrected chi connectivity index (χ1v) is 55.6. The van der Waals surface area contributed by atoms with Gasteiger partial charge in [-0.05, 0) is 388 Å². The average Bonchev–Trinajstić information content (AvgIpc) is 1.48. The van der Waals surface area contributed by atoms with Gasteiger partial charge in [0.25, 0.3) is 0 Å². The van der Waals surface area contributed by atoms with Gasteiger partial charge in [-0.3, -0.25) is 0 Å². The van der Waals surface area contributed by atoms with E-state index in [1.807, 2.05) is 34.0 Å². The fourth-order valence-electron chi connectivity index (χ4n) is 19.4. The summed E-state index contributed by atoms with van der Waals surface area (Å²) in [6.45, 7) is 14.5. The minimum Gasteiger partial charge on any atom is -0.127 e. The predicted octanol–water partition coefficient (Wildman–Crippen LogP) is 36.1. The summed E-state index contributed by atoms with van der Waals surface area (Å²) in [7, 11) is 0. The zero-order valence-corrected chi connectivity index (χ0v) is 85.4. The summed E-state index contributed by atoms with van der Waals surface area (Å²) in [5.41, 5.74) is 22.5. The second-order valence-electron chi connectivity index (χ2n) is 33.4. The van der Waals surface area contributed by atoms with E-state index < -0.39 is 0 Å². The molecule has 9 aromatic heterocycles. The van der Waals surface area contributed by atoms with Crippen molar-refractivity contribution in [1.29, 1.82) is 0 Å². The van der Waals surface area contributed by atoms with Crippen LogP contribution in [-0.2, 0) is 16.2 Å². The van der Waals surface area contributed by atoms with Crippen molar-refractivity contribution in [2.45, 2.75) is 250 Å². The largest absolute Gasteiger partial charge is 0.127 e. The molecule has 123 heavy (non-hydrogen) atoms. The minimum atomic E-state index is -0.259. The Balaban J connectivity index is 0.922. The van der Waals surface area contributed by atoms with Gasteiger partial charge in [0, 0.05) is 30.9 Å². The molecule has 624 valence electrons. The molecule has 4 aromatic carbocycles. The third-order valence-electron chi connectivity index (χ3n) is 25.2. The molecule has 0 N–H and O–H groups in total. The third-order valence-corrected chi connectivity index (χ3v) is 36.5. The first kappa shape index (κ1) is 90.1.